The molecule has 2 aliphatic rings. The monoisotopic (exact) mass is 479 g/mol. The normalized spacial score (nSPS) is 17.8. The summed E-state index contributed by atoms with van der Waals surface area (Å²) in [6.07, 6.45) is 2.64. The molecule has 1 spiro atoms. The van der Waals surface area contributed by atoms with Crippen molar-refractivity contribution < 1.29 is 23.9 Å². The molecule has 0 N–H and O–H groups in total. The number of carbonyl (C=O) groups is 3. The highest BCUT2D eigenvalue weighted by Crippen LogP contribution is 2.37. The Morgan fingerprint density at radius 3 is 2.14 bits per heavy atom. The van der Waals surface area contributed by atoms with Crippen molar-refractivity contribution in [3.63, 3.8) is 0 Å². The van der Waals surface area contributed by atoms with Crippen molar-refractivity contribution in [2.45, 2.75) is 31.2 Å². The maximum Gasteiger partial charge on any atom is 0.328 e. The first-order valence-corrected chi connectivity index (χ1v) is 12.1. The number of methoxy groups -OCH3 is 2. The van der Waals surface area contributed by atoms with Crippen LogP contribution >= 0.6 is 0 Å². The Morgan fingerprint density at radius 1 is 0.886 bits per heavy atom. The van der Waals surface area contributed by atoms with Crippen LogP contribution in [0.2, 0.25) is 0 Å². The van der Waals surface area contributed by atoms with E-state index in [2.05, 4.69) is 17.0 Å². The lowest BCUT2D eigenvalue weighted by Gasteiger charge is -2.42. The number of piperidine rings is 1. The van der Waals surface area contributed by atoms with Gasteiger partial charge in [0.15, 0.2) is 0 Å². The van der Waals surface area contributed by atoms with Crippen LogP contribution in [0.1, 0.15) is 24.0 Å². The minimum atomic E-state index is -0.916. The fraction of sp³-hybridized carbons (Fsp3) is 0.444. The van der Waals surface area contributed by atoms with E-state index in [0.29, 0.717) is 25.8 Å². The van der Waals surface area contributed by atoms with Crippen LogP contribution in [0.4, 0.5) is 4.79 Å². The maximum absolute atomic E-state index is 13.6. The lowest BCUT2D eigenvalue weighted by Crippen LogP contribution is -2.57. The lowest BCUT2D eigenvalue weighted by molar-refractivity contribution is -0.146. The number of amides is 3. The molecule has 0 bridgehead atoms. The lowest BCUT2D eigenvalue weighted by atomic mass is 9.85. The van der Waals surface area contributed by atoms with Gasteiger partial charge in [0.1, 0.15) is 17.8 Å². The van der Waals surface area contributed by atoms with Crippen LogP contribution in [-0.2, 0) is 27.2 Å². The minimum absolute atomic E-state index is 0.287. The van der Waals surface area contributed by atoms with Gasteiger partial charge < -0.3 is 19.3 Å². The van der Waals surface area contributed by atoms with Crippen molar-refractivity contribution >= 4 is 17.9 Å². The second kappa shape index (κ2) is 10.9. The van der Waals surface area contributed by atoms with Crippen molar-refractivity contribution in [2.75, 3.05) is 46.9 Å². The minimum Gasteiger partial charge on any atom is -0.497 e. The zero-order chi connectivity index (χ0) is 24.8. The van der Waals surface area contributed by atoms with Gasteiger partial charge in [-0.25, -0.2) is 4.79 Å². The first kappa shape index (κ1) is 24.7. The van der Waals surface area contributed by atoms with Crippen molar-refractivity contribution in [1.29, 1.82) is 0 Å². The zero-order valence-electron chi connectivity index (χ0n) is 20.4. The number of carbonyl (C=O) groups excluding carboxylic acids is 3. The van der Waals surface area contributed by atoms with Crippen molar-refractivity contribution in [3.8, 4) is 5.75 Å². The quantitative estimate of drug-likeness (QED) is 0.407. The van der Waals surface area contributed by atoms with Crippen LogP contribution in [0.25, 0.3) is 0 Å². The van der Waals surface area contributed by atoms with Gasteiger partial charge in [0.25, 0.3) is 5.91 Å². The Balaban J connectivity index is 1.46. The Kier molecular flexibility index (Phi) is 7.70. The van der Waals surface area contributed by atoms with E-state index in [1.54, 1.807) is 12.0 Å². The maximum atomic E-state index is 13.6. The van der Waals surface area contributed by atoms with Gasteiger partial charge in [-0.15, -0.1) is 0 Å². The summed E-state index contributed by atoms with van der Waals surface area (Å²) in [5, 5.41) is 0. The summed E-state index contributed by atoms with van der Waals surface area (Å²) in [5.41, 5.74) is 1.42. The van der Waals surface area contributed by atoms with Crippen molar-refractivity contribution in [1.82, 2.24) is 14.7 Å². The molecule has 2 heterocycles. The third-order valence-electron chi connectivity index (χ3n) is 7.16. The van der Waals surface area contributed by atoms with Crippen molar-refractivity contribution in [3.05, 3.63) is 65.7 Å². The van der Waals surface area contributed by atoms with Gasteiger partial charge in [0.2, 0.25) is 0 Å². The average Bonchev–Trinajstić information content (AvgIpc) is 3.08. The molecule has 186 valence electrons. The van der Waals surface area contributed by atoms with Crippen LogP contribution in [0.15, 0.2) is 54.6 Å². The highest BCUT2D eigenvalue weighted by molar-refractivity contribution is 6.08. The van der Waals surface area contributed by atoms with E-state index in [-0.39, 0.29) is 12.5 Å². The summed E-state index contributed by atoms with van der Waals surface area (Å²) >= 11 is 0. The molecular weight excluding hydrogens is 446 g/mol. The molecule has 0 aliphatic carbocycles. The molecule has 2 aromatic rings. The van der Waals surface area contributed by atoms with E-state index < -0.39 is 17.5 Å². The Bertz CT molecular complexity index is 1030. The topological polar surface area (TPSA) is 79.4 Å². The molecule has 35 heavy (non-hydrogen) atoms. The molecule has 8 nitrogen and oxygen atoms in total. The van der Waals surface area contributed by atoms with E-state index in [4.69, 9.17) is 9.47 Å². The van der Waals surface area contributed by atoms with Gasteiger partial charge in [-0.05, 0) is 48.9 Å². The number of hydrogen-bond donors (Lipinski definition) is 0. The summed E-state index contributed by atoms with van der Waals surface area (Å²) < 4.78 is 9.96. The third kappa shape index (κ3) is 5.32. The first-order valence-electron chi connectivity index (χ1n) is 12.1. The molecule has 0 saturated carbocycles. The highest BCUT2D eigenvalue weighted by atomic mass is 16.5. The molecule has 2 aliphatic heterocycles. The zero-order valence-corrected chi connectivity index (χ0v) is 20.4. The Hall–Kier alpha value is -3.39. The third-order valence-corrected chi connectivity index (χ3v) is 7.16. The molecule has 4 rings (SSSR count). The summed E-state index contributed by atoms with van der Waals surface area (Å²) in [4.78, 5) is 44.0. The number of esters is 1. The number of benzene rings is 2. The molecule has 0 aromatic heterocycles. The number of rotatable bonds is 9. The number of nitrogens with zero attached hydrogens (tertiary/aromatic N) is 3. The molecule has 2 fully saturated rings. The van der Waals surface area contributed by atoms with E-state index in [9.17, 15) is 14.4 Å². The molecule has 0 radical (unpaired) electrons. The molecule has 0 atom stereocenters. The Morgan fingerprint density at radius 2 is 1.51 bits per heavy atom. The van der Waals surface area contributed by atoms with Crippen LogP contribution in [-0.4, -0.2) is 85.1 Å². The van der Waals surface area contributed by atoms with Crippen LogP contribution in [0, 0.1) is 0 Å². The highest BCUT2D eigenvalue weighted by Gasteiger charge is 2.58. The number of ether oxygens (including phenoxy) is 2. The summed E-state index contributed by atoms with van der Waals surface area (Å²) in [6.45, 7) is 2.39. The summed E-state index contributed by atoms with van der Waals surface area (Å²) in [6, 6.07) is 17.6. The predicted octanol–water partition coefficient (Wildman–Crippen LogP) is 2.75. The summed E-state index contributed by atoms with van der Waals surface area (Å²) in [5.74, 6) is -0.116. The van der Waals surface area contributed by atoms with E-state index in [0.717, 1.165) is 42.3 Å². The van der Waals surface area contributed by atoms with Gasteiger partial charge in [0, 0.05) is 26.2 Å². The van der Waals surface area contributed by atoms with Gasteiger partial charge in [0.05, 0.1) is 14.2 Å². The Labute approximate surface area is 206 Å². The van der Waals surface area contributed by atoms with Crippen LogP contribution < -0.4 is 4.74 Å². The number of urea groups is 1. The smallest absolute Gasteiger partial charge is 0.328 e. The second-order valence-corrected chi connectivity index (χ2v) is 9.11. The summed E-state index contributed by atoms with van der Waals surface area (Å²) in [7, 11) is 2.88. The predicted molar refractivity (Wildman–Crippen MR) is 131 cm³/mol. The van der Waals surface area contributed by atoms with Gasteiger partial charge in [-0.1, -0.05) is 42.5 Å². The van der Waals surface area contributed by atoms with Gasteiger partial charge in [-0.2, -0.15) is 0 Å². The number of likely N-dealkylation sites (tertiary alicyclic amines) is 1. The standard InChI is InChI=1S/C27H33N3O5/c1-34-23-10-8-22(9-11-23)13-17-30-26(33)29(20-24(31)35-2)25(32)27(30)14-18-28(19-15-27)16-12-21-6-4-3-5-7-21/h3-11H,12-20H2,1-2H3. The van der Waals surface area contributed by atoms with E-state index in [1.807, 2.05) is 42.5 Å². The fourth-order valence-corrected chi connectivity index (χ4v) is 5.02. The second-order valence-electron chi connectivity index (χ2n) is 9.11. The number of imide groups is 1. The SMILES string of the molecule is COC(=O)CN1C(=O)N(CCc2ccc(OC)cc2)C2(CCN(CCc3ccccc3)CC2)C1=O. The first-order chi connectivity index (χ1) is 17.0. The van der Waals surface area contributed by atoms with E-state index in [1.165, 1.54) is 12.7 Å². The largest absolute Gasteiger partial charge is 0.497 e. The number of hydrogen-bond acceptors (Lipinski definition) is 6. The molecular formula is C27H33N3O5. The molecule has 0 unspecified atom stereocenters. The van der Waals surface area contributed by atoms with E-state index >= 15 is 0 Å². The molecule has 3 amide bonds. The fourth-order valence-electron chi connectivity index (χ4n) is 5.02. The molecule has 2 saturated heterocycles. The molecule has 2 aromatic carbocycles. The average molecular weight is 480 g/mol. The van der Waals surface area contributed by atoms with Crippen LogP contribution in [0.3, 0.4) is 0 Å². The molecule has 8 heteroatoms. The van der Waals surface area contributed by atoms with Gasteiger partial charge in [-0.3, -0.25) is 14.5 Å². The van der Waals surface area contributed by atoms with Crippen molar-refractivity contribution in [2.24, 2.45) is 0 Å². The van der Waals surface area contributed by atoms with Gasteiger partial charge >= 0.3 is 12.0 Å². The van der Waals surface area contributed by atoms with Crippen LogP contribution in [0.5, 0.6) is 5.75 Å².